The monoisotopic (exact) mass is 385 g/mol. The number of nitrogens with one attached hydrogen (secondary N) is 1. The van der Waals surface area contributed by atoms with E-state index in [0.29, 0.717) is 5.69 Å². The van der Waals surface area contributed by atoms with Crippen LogP contribution in [0.25, 0.3) is 11.8 Å². The van der Waals surface area contributed by atoms with E-state index in [0.717, 1.165) is 27.5 Å². The molecule has 1 N–H and O–H groups in total. The van der Waals surface area contributed by atoms with Crippen LogP contribution in [-0.2, 0) is 4.79 Å². The van der Waals surface area contributed by atoms with Crippen LogP contribution in [-0.4, -0.2) is 16.5 Å². The summed E-state index contributed by atoms with van der Waals surface area (Å²) in [5.41, 5.74) is 7.34. The lowest BCUT2D eigenvalue weighted by Gasteiger charge is -2.13. The van der Waals surface area contributed by atoms with E-state index < -0.39 is 6.03 Å². The van der Waals surface area contributed by atoms with Gasteiger partial charge in [0.2, 0.25) is 0 Å². The van der Waals surface area contributed by atoms with Crippen LogP contribution in [0.4, 0.5) is 10.5 Å². The lowest BCUT2D eigenvalue weighted by atomic mass is 10.1. The van der Waals surface area contributed by atoms with Crippen LogP contribution < -0.4 is 10.2 Å². The molecule has 1 saturated heterocycles. The lowest BCUT2D eigenvalue weighted by Crippen LogP contribution is -2.30. The van der Waals surface area contributed by atoms with Gasteiger partial charge in [-0.1, -0.05) is 35.9 Å². The smallest absolute Gasteiger partial charge is 0.318 e. The van der Waals surface area contributed by atoms with Crippen molar-refractivity contribution in [2.24, 2.45) is 0 Å². The Hall–Kier alpha value is -3.60. The van der Waals surface area contributed by atoms with Gasteiger partial charge >= 0.3 is 6.03 Å². The molecule has 3 amide bonds. The SMILES string of the molecule is Cc1ccc(-n2c(C)cc(C=C3NC(=O)N(c4ccccc4)C3=O)c2C)c(C)c1. The number of rotatable bonds is 3. The molecular weight excluding hydrogens is 362 g/mol. The second kappa shape index (κ2) is 7.09. The van der Waals surface area contributed by atoms with Gasteiger partial charge < -0.3 is 9.88 Å². The molecule has 2 heterocycles. The number of amides is 3. The zero-order chi connectivity index (χ0) is 20.7. The van der Waals surface area contributed by atoms with E-state index in [2.05, 4.69) is 41.9 Å². The summed E-state index contributed by atoms with van der Waals surface area (Å²) in [6.45, 7) is 8.24. The molecule has 0 saturated carbocycles. The fourth-order valence-corrected chi connectivity index (χ4v) is 3.86. The van der Waals surface area contributed by atoms with E-state index in [1.165, 1.54) is 11.1 Å². The van der Waals surface area contributed by atoms with Crippen molar-refractivity contribution in [3.63, 3.8) is 0 Å². The summed E-state index contributed by atoms with van der Waals surface area (Å²) in [6.07, 6.45) is 1.76. The van der Waals surface area contributed by atoms with Crippen LogP contribution in [0.1, 0.15) is 28.1 Å². The van der Waals surface area contributed by atoms with Gasteiger partial charge in [0.1, 0.15) is 5.70 Å². The molecule has 1 aliphatic rings. The Morgan fingerprint density at radius 1 is 0.897 bits per heavy atom. The van der Waals surface area contributed by atoms with Crippen LogP contribution in [0, 0.1) is 27.7 Å². The summed E-state index contributed by atoms with van der Waals surface area (Å²) in [4.78, 5) is 26.4. The summed E-state index contributed by atoms with van der Waals surface area (Å²) < 4.78 is 2.18. The molecule has 1 aromatic heterocycles. The first kappa shape index (κ1) is 18.7. The number of benzene rings is 2. The van der Waals surface area contributed by atoms with Crippen LogP contribution in [0.5, 0.6) is 0 Å². The molecule has 2 aromatic carbocycles. The van der Waals surface area contributed by atoms with Crippen LogP contribution >= 0.6 is 0 Å². The number of anilines is 1. The van der Waals surface area contributed by atoms with Crippen molar-refractivity contribution in [3.8, 4) is 5.69 Å². The first-order chi connectivity index (χ1) is 13.9. The minimum absolute atomic E-state index is 0.278. The second-order valence-corrected chi connectivity index (χ2v) is 7.42. The molecule has 0 spiro atoms. The Balaban J connectivity index is 1.73. The molecule has 0 bridgehead atoms. The van der Waals surface area contributed by atoms with Gasteiger partial charge in [-0.2, -0.15) is 0 Å². The molecule has 0 aliphatic carbocycles. The Kier molecular flexibility index (Phi) is 4.59. The Labute approximate surface area is 170 Å². The summed E-state index contributed by atoms with van der Waals surface area (Å²) in [5, 5.41) is 2.70. The van der Waals surface area contributed by atoms with Crippen LogP contribution in [0.2, 0.25) is 0 Å². The van der Waals surface area contributed by atoms with E-state index in [9.17, 15) is 9.59 Å². The maximum absolute atomic E-state index is 12.9. The molecular formula is C24H23N3O2. The predicted octanol–water partition coefficient (Wildman–Crippen LogP) is 4.81. The third-order valence-electron chi connectivity index (χ3n) is 5.26. The van der Waals surface area contributed by atoms with Crippen molar-refractivity contribution in [2.45, 2.75) is 27.7 Å². The first-order valence-electron chi connectivity index (χ1n) is 9.55. The van der Waals surface area contributed by atoms with E-state index in [4.69, 9.17) is 0 Å². The fourth-order valence-electron chi connectivity index (χ4n) is 3.86. The lowest BCUT2D eigenvalue weighted by molar-refractivity contribution is -0.113. The number of aromatic nitrogens is 1. The number of carbonyl (C=O) groups is 2. The highest BCUT2D eigenvalue weighted by molar-refractivity contribution is 6.28. The van der Waals surface area contributed by atoms with Gasteiger partial charge in [0.25, 0.3) is 5.91 Å². The van der Waals surface area contributed by atoms with Crippen molar-refractivity contribution in [1.29, 1.82) is 0 Å². The van der Waals surface area contributed by atoms with E-state index in [1.807, 2.05) is 26.0 Å². The quantitative estimate of drug-likeness (QED) is 0.520. The van der Waals surface area contributed by atoms with Crippen LogP contribution in [0.3, 0.4) is 0 Å². The number of imide groups is 1. The zero-order valence-electron chi connectivity index (χ0n) is 17.0. The average molecular weight is 385 g/mol. The van der Waals surface area contributed by atoms with Gasteiger partial charge in [0.05, 0.1) is 5.69 Å². The summed E-state index contributed by atoms with van der Waals surface area (Å²) in [7, 11) is 0. The minimum Gasteiger partial charge on any atom is -0.318 e. The highest BCUT2D eigenvalue weighted by Crippen LogP contribution is 2.27. The Morgan fingerprint density at radius 3 is 2.31 bits per heavy atom. The summed E-state index contributed by atoms with van der Waals surface area (Å²) in [6, 6.07) is 16.9. The third kappa shape index (κ3) is 3.25. The van der Waals surface area contributed by atoms with Gasteiger partial charge in [-0.05, 0) is 69.2 Å². The molecule has 0 radical (unpaired) electrons. The normalized spacial score (nSPS) is 15.3. The molecule has 0 atom stereocenters. The first-order valence-corrected chi connectivity index (χ1v) is 9.55. The van der Waals surface area contributed by atoms with Crippen molar-refractivity contribution in [1.82, 2.24) is 9.88 Å². The molecule has 5 heteroatoms. The number of aryl methyl sites for hydroxylation is 3. The number of hydrogen-bond acceptors (Lipinski definition) is 2. The van der Waals surface area contributed by atoms with Crippen LogP contribution in [0.15, 0.2) is 60.3 Å². The number of urea groups is 1. The predicted molar refractivity (Wildman–Crippen MR) is 115 cm³/mol. The third-order valence-corrected chi connectivity index (χ3v) is 5.26. The van der Waals surface area contributed by atoms with Crippen molar-refractivity contribution < 1.29 is 9.59 Å². The van der Waals surface area contributed by atoms with Gasteiger partial charge in [-0.3, -0.25) is 4.79 Å². The van der Waals surface area contributed by atoms with Crippen molar-refractivity contribution in [3.05, 3.63) is 88.4 Å². The molecule has 1 aliphatic heterocycles. The molecule has 29 heavy (non-hydrogen) atoms. The van der Waals surface area contributed by atoms with Crippen molar-refractivity contribution in [2.75, 3.05) is 4.90 Å². The van der Waals surface area contributed by atoms with E-state index >= 15 is 0 Å². The Morgan fingerprint density at radius 2 is 1.62 bits per heavy atom. The van der Waals surface area contributed by atoms with Gasteiger partial charge in [-0.25, -0.2) is 9.69 Å². The number of para-hydroxylation sites is 1. The zero-order valence-corrected chi connectivity index (χ0v) is 17.0. The van der Waals surface area contributed by atoms with Gasteiger partial charge in [0, 0.05) is 17.1 Å². The van der Waals surface area contributed by atoms with Gasteiger partial charge in [-0.15, -0.1) is 0 Å². The fraction of sp³-hybridized carbons (Fsp3) is 0.167. The van der Waals surface area contributed by atoms with Gasteiger partial charge in [0.15, 0.2) is 0 Å². The highest BCUT2D eigenvalue weighted by Gasteiger charge is 2.34. The molecule has 1 fully saturated rings. The molecule has 5 nitrogen and oxygen atoms in total. The largest absolute Gasteiger partial charge is 0.333 e. The maximum Gasteiger partial charge on any atom is 0.333 e. The topological polar surface area (TPSA) is 54.3 Å². The van der Waals surface area contributed by atoms with Crippen molar-refractivity contribution >= 4 is 23.7 Å². The summed E-state index contributed by atoms with van der Waals surface area (Å²) >= 11 is 0. The number of nitrogens with zero attached hydrogens (tertiary/aromatic N) is 2. The average Bonchev–Trinajstić information content (AvgIpc) is 3.11. The molecule has 0 unspecified atom stereocenters. The molecule has 3 aromatic rings. The Bertz CT molecular complexity index is 1160. The van der Waals surface area contributed by atoms with E-state index in [1.54, 1.807) is 30.3 Å². The number of hydrogen-bond donors (Lipinski definition) is 1. The summed E-state index contributed by atoms with van der Waals surface area (Å²) in [5.74, 6) is -0.350. The standard InChI is InChI=1S/C24H23N3O2/c1-15-10-11-22(16(2)12-15)26-17(3)13-19(18(26)4)14-21-23(28)27(24(29)25-21)20-8-6-5-7-9-20/h5-14H,1-4H3,(H,25,29). The second-order valence-electron chi connectivity index (χ2n) is 7.42. The minimum atomic E-state index is -0.435. The number of carbonyl (C=O) groups excluding carboxylic acids is 2. The highest BCUT2D eigenvalue weighted by atomic mass is 16.2. The molecule has 4 rings (SSSR count). The molecule has 146 valence electrons. The maximum atomic E-state index is 12.9. The van der Waals surface area contributed by atoms with E-state index in [-0.39, 0.29) is 11.6 Å².